The Hall–Kier alpha value is -5.25. The molecule has 3 heteroatoms. The third kappa shape index (κ3) is 5.05. The number of benzene rings is 6. The number of pyridine rings is 1. The fraction of sp³-hybridized carbons (Fsp3) is 0.0714. The van der Waals surface area contributed by atoms with Gasteiger partial charge < -0.3 is 4.42 Å². The Bertz CT molecular complexity index is 2320. The average Bonchev–Trinajstić information content (AvgIpc) is 3.47. The first kappa shape index (κ1) is 27.3. The van der Waals surface area contributed by atoms with Crippen LogP contribution in [0.3, 0.4) is 0 Å². The summed E-state index contributed by atoms with van der Waals surface area (Å²) < 4.78 is 6.27. The zero-order valence-electron chi connectivity index (χ0n) is 25.7. The van der Waals surface area contributed by atoms with Gasteiger partial charge in [-0.1, -0.05) is 146 Å². The fourth-order valence-corrected chi connectivity index (χ4v) is 7.46. The van der Waals surface area contributed by atoms with Crippen LogP contribution >= 0.6 is 0 Å². The quantitative estimate of drug-likeness (QED) is 0.185. The van der Waals surface area contributed by atoms with E-state index in [0.717, 1.165) is 55.1 Å². The largest absolute Gasteiger partial charge is 0.455 e. The molecule has 0 spiro atoms. The van der Waals surface area contributed by atoms with Crippen LogP contribution in [0.2, 0.25) is 19.6 Å². The van der Waals surface area contributed by atoms with Crippen LogP contribution in [0.1, 0.15) is 0 Å². The molecular weight excluding hydrogens is 563 g/mol. The molecule has 0 atom stereocenters. The van der Waals surface area contributed by atoms with Crippen molar-refractivity contribution in [3.05, 3.63) is 146 Å². The molecular formula is C42H33NOSi. The standard InChI is InChI=1S/C42H33NOSi/c1-45(2,3)36-23-21-29(22-24-36)28-11-13-30(14-12-28)33-19-20-34-25-35(27-43-40(34)26-33)31-15-17-32(18-16-31)37-8-6-9-39-38-7-4-5-10-41(38)44-42(37)39/h4-27H,1-3H3. The number of para-hydroxylation sites is 2. The molecule has 0 amide bonds. The summed E-state index contributed by atoms with van der Waals surface area (Å²) in [5.41, 5.74) is 12.2. The van der Waals surface area contributed by atoms with E-state index in [0.29, 0.717) is 0 Å². The normalized spacial score (nSPS) is 11.9. The summed E-state index contributed by atoms with van der Waals surface area (Å²) in [5, 5.41) is 4.92. The molecule has 2 heterocycles. The van der Waals surface area contributed by atoms with Gasteiger partial charge in [0.15, 0.2) is 0 Å². The molecule has 0 aliphatic heterocycles. The highest BCUT2D eigenvalue weighted by molar-refractivity contribution is 6.88. The molecule has 0 unspecified atom stereocenters. The predicted octanol–water partition coefficient (Wildman–Crippen LogP) is 11.3. The maximum atomic E-state index is 6.27. The molecule has 8 rings (SSSR count). The number of rotatable bonds is 5. The van der Waals surface area contributed by atoms with Crippen molar-refractivity contribution in [2.45, 2.75) is 19.6 Å². The third-order valence-electron chi connectivity index (χ3n) is 8.92. The first-order chi connectivity index (χ1) is 21.9. The average molecular weight is 596 g/mol. The van der Waals surface area contributed by atoms with Crippen molar-refractivity contribution >= 4 is 46.1 Å². The van der Waals surface area contributed by atoms with Gasteiger partial charge in [-0.05, 0) is 51.6 Å². The minimum absolute atomic E-state index is 0.919. The molecule has 0 radical (unpaired) electrons. The Morgan fingerprint density at radius 3 is 1.78 bits per heavy atom. The van der Waals surface area contributed by atoms with Crippen molar-refractivity contribution in [3.8, 4) is 44.5 Å². The number of hydrogen-bond donors (Lipinski definition) is 0. The van der Waals surface area contributed by atoms with E-state index in [1.807, 2.05) is 18.3 Å². The van der Waals surface area contributed by atoms with Crippen LogP contribution in [-0.4, -0.2) is 13.1 Å². The molecule has 2 aromatic heterocycles. The first-order valence-electron chi connectivity index (χ1n) is 15.5. The lowest BCUT2D eigenvalue weighted by molar-refractivity contribution is 0.670. The maximum absolute atomic E-state index is 6.27. The molecule has 0 saturated carbocycles. The number of furan rings is 1. The van der Waals surface area contributed by atoms with Crippen molar-refractivity contribution < 1.29 is 4.42 Å². The van der Waals surface area contributed by atoms with E-state index in [1.165, 1.54) is 27.4 Å². The zero-order chi connectivity index (χ0) is 30.5. The highest BCUT2D eigenvalue weighted by atomic mass is 28.3. The van der Waals surface area contributed by atoms with Crippen molar-refractivity contribution in [1.29, 1.82) is 0 Å². The second-order valence-electron chi connectivity index (χ2n) is 12.9. The number of fused-ring (bicyclic) bond motifs is 4. The van der Waals surface area contributed by atoms with Crippen molar-refractivity contribution in [2.75, 3.05) is 0 Å². The van der Waals surface area contributed by atoms with Crippen molar-refractivity contribution in [3.63, 3.8) is 0 Å². The summed E-state index contributed by atoms with van der Waals surface area (Å²) >= 11 is 0. The molecule has 0 N–H and O–H groups in total. The van der Waals surface area contributed by atoms with Gasteiger partial charge in [-0.15, -0.1) is 0 Å². The summed E-state index contributed by atoms with van der Waals surface area (Å²) in [6, 6.07) is 50.1. The maximum Gasteiger partial charge on any atom is 0.143 e. The van der Waals surface area contributed by atoms with Crippen molar-refractivity contribution in [1.82, 2.24) is 4.98 Å². The van der Waals surface area contributed by atoms with Gasteiger partial charge >= 0.3 is 0 Å². The highest BCUT2D eigenvalue weighted by Gasteiger charge is 2.16. The first-order valence-corrected chi connectivity index (χ1v) is 19.0. The lowest BCUT2D eigenvalue weighted by Gasteiger charge is -2.16. The van der Waals surface area contributed by atoms with Gasteiger partial charge in [-0.2, -0.15) is 0 Å². The van der Waals surface area contributed by atoms with E-state index in [9.17, 15) is 0 Å². The SMILES string of the molecule is C[Si](C)(C)c1ccc(-c2ccc(-c3ccc4cc(-c5ccc(-c6cccc7c6oc6ccccc67)cc5)cnc4c3)cc2)cc1. The Morgan fingerprint density at radius 1 is 0.489 bits per heavy atom. The zero-order valence-corrected chi connectivity index (χ0v) is 26.7. The molecule has 45 heavy (non-hydrogen) atoms. The van der Waals surface area contributed by atoms with E-state index >= 15 is 0 Å². The molecule has 0 bridgehead atoms. The van der Waals surface area contributed by atoms with Crippen LogP contribution in [-0.2, 0) is 0 Å². The monoisotopic (exact) mass is 595 g/mol. The van der Waals surface area contributed by atoms with Crippen molar-refractivity contribution in [2.24, 2.45) is 0 Å². The highest BCUT2D eigenvalue weighted by Crippen LogP contribution is 2.36. The van der Waals surface area contributed by atoms with Gasteiger partial charge in [0.2, 0.25) is 0 Å². The molecule has 8 aromatic rings. The Balaban J connectivity index is 1.04. The minimum Gasteiger partial charge on any atom is -0.455 e. The fourth-order valence-electron chi connectivity index (χ4n) is 6.29. The second-order valence-corrected chi connectivity index (χ2v) is 18.0. The Morgan fingerprint density at radius 2 is 1.07 bits per heavy atom. The lowest BCUT2D eigenvalue weighted by Crippen LogP contribution is -2.37. The van der Waals surface area contributed by atoms with Gasteiger partial charge in [0.1, 0.15) is 11.2 Å². The molecule has 0 aliphatic carbocycles. The van der Waals surface area contributed by atoms with Gasteiger partial charge in [0, 0.05) is 33.5 Å². The molecule has 0 saturated heterocycles. The summed E-state index contributed by atoms with van der Waals surface area (Å²) in [7, 11) is -1.29. The van der Waals surface area contributed by atoms with E-state index in [4.69, 9.17) is 9.40 Å². The molecule has 0 fully saturated rings. The van der Waals surface area contributed by atoms with Crippen LogP contribution < -0.4 is 5.19 Å². The van der Waals surface area contributed by atoms with E-state index < -0.39 is 8.07 Å². The number of hydrogen-bond acceptors (Lipinski definition) is 2. The van der Waals surface area contributed by atoms with E-state index in [-0.39, 0.29) is 0 Å². The molecule has 2 nitrogen and oxygen atoms in total. The number of nitrogens with zero attached hydrogens (tertiary/aromatic N) is 1. The van der Waals surface area contributed by atoms with Crippen LogP contribution in [0.25, 0.3) is 77.3 Å². The minimum atomic E-state index is -1.29. The van der Waals surface area contributed by atoms with Gasteiger partial charge in [0.25, 0.3) is 0 Å². The van der Waals surface area contributed by atoms with Crippen LogP contribution in [0, 0.1) is 0 Å². The molecule has 0 aliphatic rings. The molecule has 216 valence electrons. The second kappa shape index (κ2) is 10.7. The van der Waals surface area contributed by atoms with E-state index in [2.05, 4.69) is 147 Å². The Labute approximate surface area is 264 Å². The van der Waals surface area contributed by atoms with Crippen LogP contribution in [0.15, 0.2) is 150 Å². The smallest absolute Gasteiger partial charge is 0.143 e. The predicted molar refractivity (Wildman–Crippen MR) is 194 cm³/mol. The lowest BCUT2D eigenvalue weighted by atomic mass is 9.97. The molecule has 6 aromatic carbocycles. The van der Waals surface area contributed by atoms with Crippen LogP contribution in [0.4, 0.5) is 0 Å². The Kier molecular flexibility index (Phi) is 6.51. The van der Waals surface area contributed by atoms with Gasteiger partial charge in [0.05, 0.1) is 13.6 Å². The van der Waals surface area contributed by atoms with Gasteiger partial charge in [-0.25, -0.2) is 0 Å². The van der Waals surface area contributed by atoms with Gasteiger partial charge in [-0.3, -0.25) is 4.98 Å². The summed E-state index contributed by atoms with van der Waals surface area (Å²) in [6.45, 7) is 7.16. The third-order valence-corrected chi connectivity index (χ3v) is 11.0. The summed E-state index contributed by atoms with van der Waals surface area (Å²) in [4.78, 5) is 4.87. The van der Waals surface area contributed by atoms with Crippen LogP contribution in [0.5, 0.6) is 0 Å². The topological polar surface area (TPSA) is 26.0 Å². The summed E-state index contributed by atoms with van der Waals surface area (Å²) in [6.07, 6.45) is 1.98. The number of aromatic nitrogens is 1. The summed E-state index contributed by atoms with van der Waals surface area (Å²) in [5.74, 6) is 0. The van der Waals surface area contributed by atoms with E-state index in [1.54, 1.807) is 0 Å².